The Labute approximate surface area is 170 Å². The van der Waals surface area contributed by atoms with Gasteiger partial charge in [0.05, 0.1) is 11.3 Å². The largest absolute Gasteiger partial charge is 0.383 e. The highest BCUT2D eigenvalue weighted by molar-refractivity contribution is 5.92. The molecule has 152 valence electrons. The first kappa shape index (κ1) is 19.6. The molecule has 2 fully saturated rings. The highest BCUT2D eigenvalue weighted by atomic mass is 16.3. The van der Waals surface area contributed by atoms with Gasteiger partial charge in [-0.05, 0) is 49.1 Å². The molecule has 1 aromatic heterocycles. The third-order valence-electron chi connectivity index (χ3n) is 6.08. The summed E-state index contributed by atoms with van der Waals surface area (Å²) in [6, 6.07) is 5.89. The Morgan fingerprint density at radius 1 is 1.21 bits per heavy atom. The summed E-state index contributed by atoms with van der Waals surface area (Å²) in [7, 11) is 0. The van der Waals surface area contributed by atoms with Gasteiger partial charge in [-0.25, -0.2) is 0 Å². The van der Waals surface area contributed by atoms with Crippen molar-refractivity contribution >= 4 is 22.6 Å². The van der Waals surface area contributed by atoms with Gasteiger partial charge in [-0.1, -0.05) is 13.8 Å². The molecule has 1 amide bonds. The molecular weight excluding hydrogens is 366 g/mol. The number of benzene rings is 1. The van der Waals surface area contributed by atoms with E-state index in [1.807, 2.05) is 19.9 Å². The topological polar surface area (TPSA) is 102 Å². The zero-order valence-electron chi connectivity index (χ0n) is 16.9. The monoisotopic (exact) mass is 393 g/mol. The second-order valence-corrected chi connectivity index (χ2v) is 8.63. The minimum absolute atomic E-state index is 0.0300. The van der Waals surface area contributed by atoms with Gasteiger partial charge >= 0.3 is 0 Å². The zero-order chi connectivity index (χ0) is 20.5. The van der Waals surface area contributed by atoms with E-state index in [-0.39, 0.29) is 17.9 Å². The van der Waals surface area contributed by atoms with Crippen molar-refractivity contribution in [3.05, 3.63) is 30.1 Å². The lowest BCUT2D eigenvalue weighted by Gasteiger charge is -2.40. The molecule has 1 saturated carbocycles. The Hall–Kier alpha value is -2.72. The number of rotatable bonds is 5. The number of anilines is 1. The number of aliphatic hydroxyl groups is 1. The normalized spacial score (nSPS) is 23.1. The molecule has 0 bridgehead atoms. The number of piperidine rings is 1. The fourth-order valence-electron chi connectivity index (χ4n) is 4.33. The van der Waals surface area contributed by atoms with Crippen LogP contribution in [-0.2, 0) is 4.79 Å². The van der Waals surface area contributed by atoms with Crippen molar-refractivity contribution in [1.29, 1.82) is 5.26 Å². The van der Waals surface area contributed by atoms with E-state index in [0.717, 1.165) is 24.2 Å². The third-order valence-corrected chi connectivity index (χ3v) is 6.08. The van der Waals surface area contributed by atoms with Crippen LogP contribution in [0.4, 0.5) is 5.69 Å². The number of nitriles is 1. The summed E-state index contributed by atoms with van der Waals surface area (Å²) in [4.78, 5) is 23.6. The first-order valence-electron chi connectivity index (χ1n) is 10.3. The van der Waals surface area contributed by atoms with Gasteiger partial charge in [-0.3, -0.25) is 14.8 Å². The number of carbonyl (C=O) groups excluding carboxylic acids is 1. The standard InChI is InChI=1S/C22H27N5O2/c1-13(2)21(28)22(29)26-17-9-16(14-3-4-14)11-27(12-17)18-6-5-15(10-23)19-20(18)25-8-7-24-19/h5-8,13-14,16-17,21,28H,3-4,9,11-12H2,1-2H3,(H,26,29)/t16-,17+,21?/m1/s1. The first-order chi connectivity index (χ1) is 14.0. The van der Waals surface area contributed by atoms with Gasteiger partial charge in [0.1, 0.15) is 23.2 Å². The van der Waals surface area contributed by atoms with E-state index in [0.29, 0.717) is 29.5 Å². The zero-order valence-corrected chi connectivity index (χ0v) is 16.9. The molecule has 1 aliphatic heterocycles. The van der Waals surface area contributed by atoms with Crippen molar-refractivity contribution in [1.82, 2.24) is 15.3 Å². The van der Waals surface area contributed by atoms with Gasteiger partial charge in [0.25, 0.3) is 0 Å². The molecule has 1 unspecified atom stereocenters. The number of nitrogens with zero attached hydrogens (tertiary/aromatic N) is 4. The SMILES string of the molecule is CC(C)C(O)C(=O)N[C@H]1C[C@@H](C2CC2)CN(c2ccc(C#N)c3nccnc23)C1. The Morgan fingerprint density at radius 3 is 2.59 bits per heavy atom. The predicted octanol–water partition coefficient (Wildman–Crippen LogP) is 2.24. The molecule has 3 atom stereocenters. The summed E-state index contributed by atoms with van der Waals surface area (Å²) >= 11 is 0. The Kier molecular flexibility index (Phi) is 5.37. The van der Waals surface area contributed by atoms with Crippen LogP contribution in [0.2, 0.25) is 0 Å². The van der Waals surface area contributed by atoms with Crippen LogP contribution in [0.25, 0.3) is 11.0 Å². The molecule has 0 spiro atoms. The molecule has 1 saturated heterocycles. The highest BCUT2D eigenvalue weighted by Crippen LogP contribution is 2.42. The van der Waals surface area contributed by atoms with Crippen LogP contribution in [0.1, 0.15) is 38.7 Å². The summed E-state index contributed by atoms with van der Waals surface area (Å²) in [5, 5.41) is 22.6. The molecule has 4 rings (SSSR count). The van der Waals surface area contributed by atoms with E-state index in [1.165, 1.54) is 12.8 Å². The average molecular weight is 393 g/mol. The lowest BCUT2D eigenvalue weighted by atomic mass is 9.89. The maximum atomic E-state index is 12.4. The number of hydrogen-bond acceptors (Lipinski definition) is 6. The average Bonchev–Trinajstić information content (AvgIpc) is 3.57. The van der Waals surface area contributed by atoms with Crippen LogP contribution in [-0.4, -0.2) is 46.2 Å². The Balaban J connectivity index is 1.62. The number of carbonyl (C=O) groups is 1. The van der Waals surface area contributed by atoms with Gasteiger partial charge in [-0.15, -0.1) is 0 Å². The molecule has 2 aliphatic rings. The van der Waals surface area contributed by atoms with Gasteiger partial charge in [0.2, 0.25) is 5.91 Å². The van der Waals surface area contributed by atoms with E-state index in [2.05, 4.69) is 26.3 Å². The van der Waals surface area contributed by atoms with Crippen LogP contribution in [0, 0.1) is 29.1 Å². The maximum absolute atomic E-state index is 12.4. The van der Waals surface area contributed by atoms with E-state index >= 15 is 0 Å². The maximum Gasteiger partial charge on any atom is 0.249 e. The van der Waals surface area contributed by atoms with Gasteiger partial charge in [0.15, 0.2) is 0 Å². The minimum atomic E-state index is -0.994. The van der Waals surface area contributed by atoms with Crippen molar-refractivity contribution in [2.45, 2.75) is 45.3 Å². The fourth-order valence-corrected chi connectivity index (χ4v) is 4.33. The lowest BCUT2D eigenvalue weighted by Crippen LogP contribution is -2.53. The molecule has 1 aliphatic carbocycles. The Bertz CT molecular complexity index is 950. The van der Waals surface area contributed by atoms with Crippen LogP contribution < -0.4 is 10.2 Å². The van der Waals surface area contributed by atoms with Crippen molar-refractivity contribution < 1.29 is 9.90 Å². The molecule has 7 nitrogen and oxygen atoms in total. The molecule has 7 heteroatoms. The summed E-state index contributed by atoms with van der Waals surface area (Å²) in [6.07, 6.45) is 5.66. The van der Waals surface area contributed by atoms with Gasteiger partial charge in [-0.2, -0.15) is 5.26 Å². The number of nitrogens with one attached hydrogen (secondary N) is 1. The summed E-state index contributed by atoms with van der Waals surface area (Å²) in [5.74, 6) is 0.771. The first-order valence-corrected chi connectivity index (χ1v) is 10.3. The van der Waals surface area contributed by atoms with Crippen LogP contribution >= 0.6 is 0 Å². The molecular formula is C22H27N5O2. The fraction of sp³-hybridized carbons (Fsp3) is 0.545. The van der Waals surface area contributed by atoms with Crippen molar-refractivity contribution in [2.75, 3.05) is 18.0 Å². The lowest BCUT2D eigenvalue weighted by molar-refractivity contribution is -0.132. The summed E-state index contributed by atoms with van der Waals surface area (Å²) < 4.78 is 0. The van der Waals surface area contributed by atoms with E-state index in [9.17, 15) is 15.2 Å². The highest BCUT2D eigenvalue weighted by Gasteiger charge is 2.39. The number of aliphatic hydroxyl groups excluding tert-OH is 1. The number of fused-ring (bicyclic) bond motifs is 1. The summed E-state index contributed by atoms with van der Waals surface area (Å²) in [6.45, 7) is 5.23. The third kappa shape index (κ3) is 4.03. The molecule has 2 heterocycles. The van der Waals surface area contributed by atoms with E-state index in [4.69, 9.17) is 0 Å². The predicted molar refractivity (Wildman–Crippen MR) is 110 cm³/mol. The summed E-state index contributed by atoms with van der Waals surface area (Å²) in [5.41, 5.74) is 2.78. The molecule has 1 aromatic carbocycles. The van der Waals surface area contributed by atoms with E-state index in [1.54, 1.807) is 18.5 Å². The van der Waals surface area contributed by atoms with Crippen molar-refractivity contribution in [3.63, 3.8) is 0 Å². The second kappa shape index (κ2) is 7.96. The number of aromatic nitrogens is 2. The second-order valence-electron chi connectivity index (χ2n) is 8.63. The Morgan fingerprint density at radius 2 is 1.93 bits per heavy atom. The van der Waals surface area contributed by atoms with Gasteiger partial charge in [0, 0.05) is 31.5 Å². The van der Waals surface area contributed by atoms with Crippen LogP contribution in [0.5, 0.6) is 0 Å². The van der Waals surface area contributed by atoms with Gasteiger partial charge < -0.3 is 15.3 Å². The van der Waals surface area contributed by atoms with Crippen molar-refractivity contribution in [2.24, 2.45) is 17.8 Å². The molecule has 2 aromatic rings. The smallest absolute Gasteiger partial charge is 0.249 e. The van der Waals surface area contributed by atoms with Crippen LogP contribution in [0.15, 0.2) is 24.5 Å². The minimum Gasteiger partial charge on any atom is -0.383 e. The van der Waals surface area contributed by atoms with Crippen LogP contribution in [0.3, 0.4) is 0 Å². The molecule has 29 heavy (non-hydrogen) atoms. The van der Waals surface area contributed by atoms with Crippen molar-refractivity contribution in [3.8, 4) is 6.07 Å². The molecule has 2 N–H and O–H groups in total. The number of amides is 1. The number of hydrogen-bond donors (Lipinski definition) is 2. The quantitative estimate of drug-likeness (QED) is 0.808. The molecule has 0 radical (unpaired) electrons. The van der Waals surface area contributed by atoms with E-state index < -0.39 is 6.10 Å².